The molecule has 0 bridgehead atoms. The fourth-order valence-corrected chi connectivity index (χ4v) is 5.71. The van der Waals surface area contributed by atoms with Crippen LogP contribution in [0.3, 0.4) is 0 Å². The first-order valence-corrected chi connectivity index (χ1v) is 14.3. The van der Waals surface area contributed by atoms with Crippen molar-refractivity contribution < 1.29 is 33.6 Å². The number of hydrogen-bond donors (Lipinski definition) is 2. The summed E-state index contributed by atoms with van der Waals surface area (Å²) >= 11 is 0. The molecule has 5 aromatic rings. The second kappa shape index (κ2) is 12.9. The third-order valence-corrected chi connectivity index (χ3v) is 7.93. The third kappa shape index (κ3) is 5.66. The van der Waals surface area contributed by atoms with E-state index in [1.807, 2.05) is 78.9 Å². The highest BCUT2D eigenvalue weighted by Crippen LogP contribution is 2.43. The second-order valence-electron chi connectivity index (χ2n) is 10.4. The van der Waals surface area contributed by atoms with E-state index in [0.717, 1.165) is 16.7 Å². The molecule has 3 heterocycles. The summed E-state index contributed by atoms with van der Waals surface area (Å²) in [4.78, 5) is 23.8. The minimum Gasteiger partial charge on any atom is -0.497 e. The number of anilines is 1. The van der Waals surface area contributed by atoms with Crippen LogP contribution in [0.4, 0.5) is 5.95 Å². The molecule has 2 N–H and O–H groups in total. The van der Waals surface area contributed by atoms with E-state index in [2.05, 4.69) is 20.3 Å². The van der Waals surface area contributed by atoms with Gasteiger partial charge >= 0.3 is 0 Å². The lowest BCUT2D eigenvalue weighted by Crippen LogP contribution is -2.38. The predicted molar refractivity (Wildman–Crippen MR) is 164 cm³/mol. The maximum atomic E-state index is 11.2. The lowest BCUT2D eigenvalue weighted by Gasteiger charge is -2.37. The number of rotatable bonds is 12. The number of carbonyl (C=O) groups is 1. The summed E-state index contributed by atoms with van der Waals surface area (Å²) in [5, 5.41) is 13.7. The molecule has 3 atom stereocenters. The first-order valence-electron chi connectivity index (χ1n) is 14.3. The number of ether oxygens (including phenoxy) is 5. The van der Waals surface area contributed by atoms with E-state index in [-0.39, 0.29) is 24.9 Å². The van der Waals surface area contributed by atoms with Crippen molar-refractivity contribution >= 4 is 23.5 Å². The molecule has 0 spiro atoms. The fraction of sp³-hybridized carbons (Fsp3) is 0.273. The summed E-state index contributed by atoms with van der Waals surface area (Å²) in [7, 11) is 4.72. The smallest absolute Gasteiger partial charge is 0.245 e. The van der Waals surface area contributed by atoms with Gasteiger partial charge in [-0.2, -0.15) is 9.97 Å². The first kappa shape index (κ1) is 30.0. The molecule has 0 unspecified atom stereocenters. The number of fused-ring (bicyclic) bond motifs is 1. The Labute approximate surface area is 259 Å². The van der Waals surface area contributed by atoms with Crippen LogP contribution in [-0.4, -0.2) is 71.2 Å². The highest BCUT2D eigenvalue weighted by Gasteiger charge is 2.42. The number of benzene rings is 3. The van der Waals surface area contributed by atoms with E-state index in [4.69, 9.17) is 23.7 Å². The summed E-state index contributed by atoms with van der Waals surface area (Å²) in [5.74, 6) is 1.71. The van der Waals surface area contributed by atoms with Gasteiger partial charge in [0.25, 0.3) is 0 Å². The van der Waals surface area contributed by atoms with E-state index >= 15 is 0 Å². The van der Waals surface area contributed by atoms with Crippen molar-refractivity contribution in [1.29, 1.82) is 0 Å². The van der Waals surface area contributed by atoms with Gasteiger partial charge in [-0.15, -0.1) is 0 Å². The first-order chi connectivity index (χ1) is 22.0. The number of nitrogens with one attached hydrogen (secondary N) is 1. The van der Waals surface area contributed by atoms with Crippen molar-refractivity contribution in [3.8, 4) is 17.4 Å². The van der Waals surface area contributed by atoms with E-state index in [1.165, 1.54) is 7.11 Å². The monoisotopic (exact) mass is 611 g/mol. The molecule has 45 heavy (non-hydrogen) atoms. The van der Waals surface area contributed by atoms with Crippen LogP contribution >= 0.6 is 0 Å². The molecule has 232 valence electrons. The zero-order chi connectivity index (χ0) is 31.4. The largest absolute Gasteiger partial charge is 0.497 e. The van der Waals surface area contributed by atoms with Crippen molar-refractivity contribution in [3.63, 3.8) is 0 Å². The minimum absolute atomic E-state index is 0.0539. The molecular weight excluding hydrogens is 578 g/mol. The van der Waals surface area contributed by atoms with Gasteiger partial charge in [0.05, 0.1) is 40.4 Å². The van der Waals surface area contributed by atoms with Crippen LogP contribution in [0.5, 0.6) is 17.4 Å². The van der Waals surface area contributed by atoms with Gasteiger partial charge in [-0.1, -0.05) is 54.6 Å². The molecule has 12 heteroatoms. The van der Waals surface area contributed by atoms with Crippen LogP contribution in [-0.2, 0) is 19.9 Å². The van der Waals surface area contributed by atoms with Crippen molar-refractivity contribution in [2.45, 2.75) is 30.5 Å². The van der Waals surface area contributed by atoms with Gasteiger partial charge in [-0.3, -0.25) is 14.7 Å². The van der Waals surface area contributed by atoms with Crippen molar-refractivity contribution in [2.75, 3.05) is 33.3 Å². The van der Waals surface area contributed by atoms with Crippen LogP contribution in [0.1, 0.15) is 29.3 Å². The molecule has 12 nitrogen and oxygen atoms in total. The Kier molecular flexibility index (Phi) is 8.60. The molecule has 1 aliphatic heterocycles. The third-order valence-electron chi connectivity index (χ3n) is 7.93. The SMILES string of the molecule is COc1ccc(C(OC[C@H]2O[C@@H](n3cnc4nc(NC=O)nc(OC)c43)C[C@@H]2O)(c2ccccc2)c2ccc(OC)cc2)cc1. The van der Waals surface area contributed by atoms with E-state index in [0.29, 0.717) is 29.1 Å². The van der Waals surface area contributed by atoms with Crippen LogP contribution in [0.25, 0.3) is 11.2 Å². The van der Waals surface area contributed by atoms with Gasteiger partial charge in [0, 0.05) is 6.42 Å². The molecule has 1 amide bonds. The van der Waals surface area contributed by atoms with Crippen LogP contribution in [0, 0.1) is 0 Å². The van der Waals surface area contributed by atoms with Gasteiger partial charge in [0.1, 0.15) is 29.4 Å². The molecular formula is C33H33N5O7. The number of nitrogens with zero attached hydrogens (tertiary/aromatic N) is 4. The van der Waals surface area contributed by atoms with Crippen molar-refractivity contribution in [1.82, 2.24) is 19.5 Å². The normalized spacial score (nSPS) is 18.1. The summed E-state index contributed by atoms with van der Waals surface area (Å²) in [6, 6.07) is 25.4. The summed E-state index contributed by atoms with van der Waals surface area (Å²) in [6.07, 6.45) is 0.155. The number of hydrogen-bond acceptors (Lipinski definition) is 10. The molecule has 0 radical (unpaired) electrons. The number of methoxy groups -OCH3 is 3. The molecule has 0 aliphatic carbocycles. The maximum Gasteiger partial charge on any atom is 0.245 e. The average Bonchev–Trinajstić information content (AvgIpc) is 3.68. The fourth-order valence-electron chi connectivity index (χ4n) is 5.71. The van der Waals surface area contributed by atoms with Crippen molar-refractivity contribution in [2.24, 2.45) is 0 Å². The lowest BCUT2D eigenvalue weighted by molar-refractivity contribution is -0.105. The van der Waals surface area contributed by atoms with Gasteiger partial charge in [0.15, 0.2) is 11.2 Å². The minimum atomic E-state index is -1.07. The Morgan fingerprint density at radius 3 is 2.11 bits per heavy atom. The predicted octanol–water partition coefficient (Wildman–Crippen LogP) is 4.08. The summed E-state index contributed by atoms with van der Waals surface area (Å²) in [6.45, 7) is 0.0539. The van der Waals surface area contributed by atoms with Crippen LogP contribution in [0.2, 0.25) is 0 Å². The topological polar surface area (TPSA) is 139 Å². The number of imidazole rings is 1. The quantitative estimate of drug-likeness (QED) is 0.157. The average molecular weight is 612 g/mol. The molecule has 2 aromatic heterocycles. The van der Waals surface area contributed by atoms with Crippen LogP contribution in [0.15, 0.2) is 85.2 Å². The van der Waals surface area contributed by atoms with E-state index < -0.39 is 24.0 Å². The Morgan fingerprint density at radius 1 is 0.911 bits per heavy atom. The summed E-state index contributed by atoms with van der Waals surface area (Å²) < 4.78 is 31.4. The zero-order valence-electron chi connectivity index (χ0n) is 25.0. The van der Waals surface area contributed by atoms with Crippen LogP contribution < -0.4 is 19.5 Å². The standard InChI is InChI=1S/C33H33N5O7/c1-41-24-13-9-22(10-14-24)33(21-7-5-4-6-8-21,23-11-15-25(42-2)16-12-23)44-18-27-26(40)17-28(45-27)38-19-34-30-29(38)31(43-3)37-32(36-30)35-20-39/h4-16,19-20,26-28,40H,17-18H2,1-3H3,(H,35,36,37,39)/t26-,27+,28+/m0/s1. The van der Waals surface area contributed by atoms with Gasteiger partial charge in [-0.05, 0) is 41.0 Å². The zero-order valence-corrected chi connectivity index (χ0v) is 25.0. The molecule has 0 saturated carbocycles. The molecule has 6 rings (SSSR count). The number of aromatic nitrogens is 4. The van der Waals surface area contributed by atoms with Gasteiger partial charge < -0.3 is 28.8 Å². The Hall–Kier alpha value is -5.04. The highest BCUT2D eigenvalue weighted by molar-refractivity contribution is 5.80. The molecule has 3 aromatic carbocycles. The number of aliphatic hydroxyl groups excluding tert-OH is 1. The number of amides is 1. The van der Waals surface area contributed by atoms with Gasteiger partial charge in [-0.25, -0.2) is 4.98 Å². The van der Waals surface area contributed by atoms with E-state index in [1.54, 1.807) is 25.1 Å². The van der Waals surface area contributed by atoms with Gasteiger partial charge in [0.2, 0.25) is 18.2 Å². The lowest BCUT2D eigenvalue weighted by atomic mass is 9.80. The van der Waals surface area contributed by atoms with Crippen molar-refractivity contribution in [3.05, 3.63) is 102 Å². The molecule has 1 fully saturated rings. The second-order valence-corrected chi connectivity index (χ2v) is 10.4. The Morgan fingerprint density at radius 2 is 1.53 bits per heavy atom. The van der Waals surface area contributed by atoms with E-state index in [9.17, 15) is 9.90 Å². The highest BCUT2D eigenvalue weighted by atomic mass is 16.6. The molecule has 1 aliphatic rings. The number of aliphatic hydroxyl groups is 1. The Balaban J connectivity index is 1.35. The molecule has 1 saturated heterocycles. The summed E-state index contributed by atoms with van der Waals surface area (Å²) in [5.41, 5.74) is 2.35. The maximum absolute atomic E-state index is 11.2. The Bertz CT molecular complexity index is 1700. The number of carbonyl (C=O) groups excluding carboxylic acids is 1.